The molecule has 8 nitrogen and oxygen atoms in total. The van der Waals surface area contributed by atoms with Crippen molar-refractivity contribution in [3.63, 3.8) is 0 Å². The number of carbonyl (C=O) groups is 2. The quantitative estimate of drug-likeness (QED) is 0.177. The van der Waals surface area contributed by atoms with E-state index in [1.54, 1.807) is 0 Å². The maximum Gasteiger partial charge on any atom is 0.288 e. The molecule has 42 heavy (non-hydrogen) atoms. The Morgan fingerprint density at radius 1 is 1.17 bits per heavy atom. The first kappa shape index (κ1) is 28.6. The van der Waals surface area contributed by atoms with Crippen molar-refractivity contribution in [2.75, 3.05) is 26.2 Å². The molecule has 2 aliphatic heterocycles. The number of benzene rings is 2. The predicted octanol–water partition coefficient (Wildman–Crippen LogP) is 5.82. The van der Waals surface area contributed by atoms with Gasteiger partial charge in [-0.15, -0.1) is 0 Å². The third-order valence-electron chi connectivity index (χ3n) is 7.97. The summed E-state index contributed by atoms with van der Waals surface area (Å²) in [4.78, 5) is 40.0. The van der Waals surface area contributed by atoms with Crippen LogP contribution in [0.15, 0.2) is 42.5 Å². The number of fused-ring (bicyclic) bond motifs is 2. The number of carbonyl (C=O) groups excluding carboxylic acids is 2. The Kier molecular flexibility index (Phi) is 8.67. The molecule has 0 aliphatic carbocycles. The van der Waals surface area contributed by atoms with Gasteiger partial charge in [-0.05, 0) is 42.1 Å². The van der Waals surface area contributed by atoms with Gasteiger partial charge in [0.05, 0.1) is 19.2 Å². The van der Waals surface area contributed by atoms with Gasteiger partial charge in [0.15, 0.2) is 11.6 Å². The first-order chi connectivity index (χ1) is 20.5. The Balaban J connectivity index is 1.05. The molecule has 0 N–H and O–H groups in total. The van der Waals surface area contributed by atoms with Gasteiger partial charge < -0.3 is 14.5 Å². The van der Waals surface area contributed by atoms with Crippen molar-refractivity contribution in [3.05, 3.63) is 85.8 Å². The van der Waals surface area contributed by atoms with Crippen LogP contribution in [0.2, 0.25) is 0 Å². The van der Waals surface area contributed by atoms with Gasteiger partial charge in [0.25, 0.3) is 5.26 Å². The Labute approximate surface area is 251 Å². The summed E-state index contributed by atoms with van der Waals surface area (Å²) in [6, 6.07) is 13.6. The van der Waals surface area contributed by atoms with Crippen LogP contribution in [0.4, 0.5) is 10.1 Å². The summed E-state index contributed by atoms with van der Waals surface area (Å²) in [5.74, 6) is 0.462. The van der Waals surface area contributed by atoms with Gasteiger partial charge in [-0.1, -0.05) is 42.5 Å². The van der Waals surface area contributed by atoms with Crippen LogP contribution >= 0.6 is 22.9 Å². The van der Waals surface area contributed by atoms with Crippen LogP contribution in [-0.4, -0.2) is 63.1 Å². The highest BCUT2D eigenvalue weighted by Crippen LogP contribution is 2.40. The highest BCUT2D eigenvalue weighted by Gasteiger charge is 2.29. The number of rotatable bonds is 9. The number of thiophene rings is 1. The van der Waals surface area contributed by atoms with Crippen molar-refractivity contribution >= 4 is 51.0 Å². The van der Waals surface area contributed by atoms with Gasteiger partial charge in [0.2, 0.25) is 11.6 Å². The smallest absolute Gasteiger partial charge is 0.288 e. The first-order valence-corrected chi connectivity index (χ1v) is 15.7. The number of amides is 1. The van der Waals surface area contributed by atoms with Crippen LogP contribution in [0, 0.1) is 11.8 Å². The number of nitrogens with zero attached hydrogens (tertiary/aromatic N) is 5. The van der Waals surface area contributed by atoms with Gasteiger partial charge >= 0.3 is 0 Å². The van der Waals surface area contributed by atoms with Gasteiger partial charge in [-0.3, -0.25) is 9.59 Å². The van der Waals surface area contributed by atoms with E-state index in [0.29, 0.717) is 49.6 Å². The van der Waals surface area contributed by atoms with Crippen LogP contribution in [0.25, 0.3) is 15.6 Å². The molecule has 216 valence electrons. The number of hydrogen-bond acceptors (Lipinski definition) is 8. The van der Waals surface area contributed by atoms with Gasteiger partial charge in [-0.25, -0.2) is 4.85 Å². The van der Waals surface area contributed by atoms with Crippen molar-refractivity contribution in [1.82, 2.24) is 19.2 Å². The van der Waals surface area contributed by atoms with E-state index < -0.39 is 5.26 Å². The number of likely N-dealkylation sites (tertiary alicyclic amines) is 1. The van der Waals surface area contributed by atoms with Gasteiger partial charge in [0.1, 0.15) is 6.61 Å². The fraction of sp³-hybridized carbons (Fsp3) is 0.387. The molecule has 1 fully saturated rings. The van der Waals surface area contributed by atoms with E-state index in [1.807, 2.05) is 47.4 Å². The van der Waals surface area contributed by atoms with Crippen LogP contribution in [0.1, 0.15) is 50.8 Å². The number of ketones is 1. The molecule has 2 aromatic heterocycles. The molecule has 11 heteroatoms. The monoisotopic (exact) mass is 603 g/mol. The number of aromatic nitrogens is 2. The van der Waals surface area contributed by atoms with E-state index >= 15 is 0 Å². The second-order valence-electron chi connectivity index (χ2n) is 10.7. The third kappa shape index (κ3) is 6.27. The van der Waals surface area contributed by atoms with Crippen molar-refractivity contribution in [2.45, 2.75) is 51.4 Å². The normalized spacial score (nSPS) is 17.2. The zero-order chi connectivity index (χ0) is 29.1. The molecule has 1 unspecified atom stereocenters. The Morgan fingerprint density at radius 2 is 2.02 bits per heavy atom. The predicted molar refractivity (Wildman–Crippen MR) is 160 cm³/mol. The van der Waals surface area contributed by atoms with Crippen LogP contribution in [0.5, 0.6) is 0 Å². The molecule has 6 rings (SSSR count). The zero-order valence-corrected chi connectivity index (χ0v) is 24.7. The minimum atomic E-state index is -0.555. The molecule has 0 radical (unpaired) electrons. The number of ether oxygens (including phenoxy) is 1. The maximum atomic E-state index is 13.4. The third-order valence-corrected chi connectivity index (χ3v) is 9.72. The number of halogens is 1. The van der Waals surface area contributed by atoms with E-state index in [4.69, 9.17) is 11.3 Å². The molecule has 4 heterocycles. The van der Waals surface area contributed by atoms with E-state index in [1.165, 1.54) is 11.3 Å². The second-order valence-corrected chi connectivity index (χ2v) is 12.6. The number of Topliss-reactive ketones (excluding diaryl/α,β-unsaturated/α-hetero) is 1. The van der Waals surface area contributed by atoms with Crippen molar-refractivity contribution in [1.29, 1.82) is 0 Å². The lowest BCUT2D eigenvalue weighted by Crippen LogP contribution is -2.42. The van der Waals surface area contributed by atoms with Crippen LogP contribution in [-0.2, 0) is 35.5 Å². The van der Waals surface area contributed by atoms with Crippen molar-refractivity contribution in [2.24, 2.45) is 0 Å². The standard InChI is InChI=1S/C31H30FN5O3S2/c1-33-30-24-11-15-37(29(39)12-14-36-13-5-8-21(17-36)40-19-28-34-31(32)42-35-28)18-27(24)41-26(30)16-25(38)23-10-4-7-20-6-2-3-9-22(20)23/h2-4,6-7,9-10,21H,5,8,11-19H2. The molecule has 0 spiro atoms. The SMILES string of the molecule is [C-]#[N+]c1c(CC(=O)c2cccc3ccccc23)sc2c1CCN(C(=O)CCN1CCCC(OCc3nsc(F)n3)C1)C2. The van der Waals surface area contributed by atoms with Crippen molar-refractivity contribution in [3.8, 4) is 0 Å². The minimum Gasteiger partial charge on any atom is -0.369 e. The Hall–Kier alpha value is -3.56. The lowest BCUT2D eigenvalue weighted by Gasteiger charge is -2.33. The highest BCUT2D eigenvalue weighted by molar-refractivity contribution is 7.13. The molecule has 0 bridgehead atoms. The highest BCUT2D eigenvalue weighted by atomic mass is 32.1. The van der Waals surface area contributed by atoms with E-state index in [2.05, 4.69) is 19.1 Å². The fourth-order valence-corrected chi connectivity index (χ4v) is 7.59. The molecule has 0 saturated carbocycles. The molecular formula is C31H30FN5O3S2. The van der Waals surface area contributed by atoms with Crippen molar-refractivity contribution < 1.29 is 18.7 Å². The zero-order valence-electron chi connectivity index (χ0n) is 23.1. The fourth-order valence-electron chi connectivity index (χ4n) is 5.86. The summed E-state index contributed by atoms with van der Waals surface area (Å²) in [5, 5.41) is 1.39. The lowest BCUT2D eigenvalue weighted by molar-refractivity contribution is -0.132. The topological polar surface area (TPSA) is 80.0 Å². The Bertz CT molecular complexity index is 1660. The average molecular weight is 604 g/mol. The molecule has 2 aromatic carbocycles. The van der Waals surface area contributed by atoms with E-state index in [9.17, 15) is 14.0 Å². The molecule has 1 atom stereocenters. The largest absolute Gasteiger partial charge is 0.369 e. The average Bonchev–Trinajstić information content (AvgIpc) is 3.60. The van der Waals surface area contributed by atoms with Crippen LogP contribution in [0.3, 0.4) is 0 Å². The van der Waals surface area contributed by atoms with Gasteiger partial charge in [-0.2, -0.15) is 25.1 Å². The lowest BCUT2D eigenvalue weighted by atomic mass is 9.98. The van der Waals surface area contributed by atoms with E-state index in [-0.39, 0.29) is 30.8 Å². The summed E-state index contributed by atoms with van der Waals surface area (Å²) in [7, 11) is 0. The second kappa shape index (κ2) is 12.8. The minimum absolute atomic E-state index is 0.00190. The summed E-state index contributed by atoms with van der Waals surface area (Å²) in [6.07, 6.45) is 3.12. The molecular weight excluding hydrogens is 574 g/mol. The summed E-state index contributed by atoms with van der Waals surface area (Å²) >= 11 is 2.23. The Morgan fingerprint density at radius 3 is 2.86 bits per heavy atom. The number of piperidine rings is 1. The maximum absolute atomic E-state index is 13.4. The number of hydrogen-bond donors (Lipinski definition) is 0. The summed E-state index contributed by atoms with van der Waals surface area (Å²) in [6.45, 7) is 11.4. The molecule has 1 amide bonds. The molecule has 1 saturated heterocycles. The first-order valence-electron chi connectivity index (χ1n) is 14.1. The molecule has 4 aromatic rings. The van der Waals surface area contributed by atoms with Gasteiger partial charge in [0, 0.05) is 59.3 Å². The summed E-state index contributed by atoms with van der Waals surface area (Å²) < 4.78 is 22.9. The molecule has 2 aliphatic rings. The van der Waals surface area contributed by atoms with E-state index in [0.717, 1.165) is 63.6 Å². The summed E-state index contributed by atoms with van der Waals surface area (Å²) in [5.41, 5.74) is 2.25. The van der Waals surface area contributed by atoms with Crippen LogP contribution < -0.4 is 0 Å².